The van der Waals surface area contributed by atoms with Gasteiger partial charge < -0.3 is 4.90 Å². The Hall–Kier alpha value is -1.65. The van der Waals surface area contributed by atoms with Gasteiger partial charge in [-0.15, -0.1) is 10.2 Å². The van der Waals surface area contributed by atoms with Crippen molar-refractivity contribution in [3.63, 3.8) is 0 Å². The molecule has 1 aliphatic heterocycles. The molecule has 20 heavy (non-hydrogen) atoms. The number of nitrogens with zero attached hydrogens (tertiary/aromatic N) is 5. The van der Waals surface area contributed by atoms with Gasteiger partial charge in [0, 0.05) is 30.9 Å². The molecule has 1 saturated carbocycles. The van der Waals surface area contributed by atoms with Gasteiger partial charge in [-0.2, -0.15) is 0 Å². The summed E-state index contributed by atoms with van der Waals surface area (Å²) in [4.78, 5) is 7.07. The van der Waals surface area contributed by atoms with Gasteiger partial charge in [0.2, 0.25) is 5.65 Å². The van der Waals surface area contributed by atoms with Crippen LogP contribution in [0.25, 0.3) is 5.65 Å². The van der Waals surface area contributed by atoms with Gasteiger partial charge in [0.1, 0.15) is 5.82 Å². The number of rotatable bonds is 3. The average molecular weight is 271 g/mol. The number of aromatic nitrogens is 4. The summed E-state index contributed by atoms with van der Waals surface area (Å²) in [5, 5.41) is 8.84. The zero-order valence-corrected chi connectivity index (χ0v) is 12.0. The van der Waals surface area contributed by atoms with Crippen LogP contribution in [0.3, 0.4) is 0 Å². The highest BCUT2D eigenvalue weighted by Crippen LogP contribution is 2.39. The quantitative estimate of drug-likeness (QED) is 0.861. The van der Waals surface area contributed by atoms with Crippen LogP contribution in [0.1, 0.15) is 57.2 Å². The van der Waals surface area contributed by atoms with E-state index in [-0.39, 0.29) is 0 Å². The van der Waals surface area contributed by atoms with Crippen LogP contribution >= 0.6 is 0 Å². The van der Waals surface area contributed by atoms with E-state index in [2.05, 4.69) is 31.4 Å². The van der Waals surface area contributed by atoms with Crippen LogP contribution in [-0.4, -0.2) is 32.2 Å². The van der Waals surface area contributed by atoms with E-state index < -0.39 is 0 Å². The second-order valence-electron chi connectivity index (χ2n) is 6.03. The van der Waals surface area contributed by atoms with Crippen LogP contribution in [0.2, 0.25) is 0 Å². The molecule has 2 aliphatic rings. The summed E-state index contributed by atoms with van der Waals surface area (Å²) in [5.74, 6) is 2.76. The molecule has 0 spiro atoms. The highest BCUT2D eigenvalue weighted by atomic mass is 15.3. The molecular formula is C15H21N5. The van der Waals surface area contributed by atoms with Gasteiger partial charge in [-0.05, 0) is 38.5 Å². The molecule has 106 valence electrons. The van der Waals surface area contributed by atoms with Crippen LogP contribution in [0, 0.1) is 0 Å². The summed E-state index contributed by atoms with van der Waals surface area (Å²) in [7, 11) is 0. The fraction of sp³-hybridized carbons (Fsp3) is 0.667. The molecule has 0 N–H and O–H groups in total. The van der Waals surface area contributed by atoms with Crippen LogP contribution < -0.4 is 4.90 Å². The van der Waals surface area contributed by atoms with Crippen molar-refractivity contribution >= 4 is 11.5 Å². The van der Waals surface area contributed by atoms with Gasteiger partial charge in [0.05, 0.1) is 0 Å². The first-order valence-electron chi connectivity index (χ1n) is 7.84. The number of piperidine rings is 1. The monoisotopic (exact) mass is 271 g/mol. The summed E-state index contributed by atoms with van der Waals surface area (Å²) in [6, 6.07) is 0.600. The molecule has 5 heteroatoms. The first-order chi connectivity index (χ1) is 9.88. The number of hydrogen-bond acceptors (Lipinski definition) is 4. The first-order valence-corrected chi connectivity index (χ1v) is 7.84. The zero-order chi connectivity index (χ0) is 13.5. The second kappa shape index (κ2) is 4.72. The van der Waals surface area contributed by atoms with E-state index in [0.717, 1.165) is 23.8 Å². The molecule has 4 rings (SSSR count). The summed E-state index contributed by atoms with van der Waals surface area (Å²) in [6.45, 7) is 3.36. The standard InChI is InChI=1S/C15H21N5/c1-2-12-5-3-4-9-19(12)14-15-18-17-13(11-6-7-11)20(15)10-8-16-14/h8,10-12H,2-7,9H2,1H3. The van der Waals surface area contributed by atoms with Gasteiger partial charge in [0.25, 0.3) is 0 Å². The molecule has 2 fully saturated rings. The molecule has 1 saturated heterocycles. The first kappa shape index (κ1) is 12.1. The minimum Gasteiger partial charge on any atom is -0.350 e. The maximum Gasteiger partial charge on any atom is 0.203 e. The lowest BCUT2D eigenvalue weighted by atomic mass is 10.0. The minimum atomic E-state index is 0.600. The van der Waals surface area contributed by atoms with Crippen molar-refractivity contribution in [2.24, 2.45) is 0 Å². The van der Waals surface area contributed by atoms with E-state index >= 15 is 0 Å². The lowest BCUT2D eigenvalue weighted by Gasteiger charge is -2.36. The van der Waals surface area contributed by atoms with Crippen molar-refractivity contribution in [3.8, 4) is 0 Å². The Morgan fingerprint density at radius 3 is 2.90 bits per heavy atom. The fourth-order valence-electron chi connectivity index (χ4n) is 3.36. The van der Waals surface area contributed by atoms with Crippen LogP contribution in [-0.2, 0) is 0 Å². The van der Waals surface area contributed by atoms with Crippen molar-refractivity contribution in [1.82, 2.24) is 19.6 Å². The summed E-state index contributed by atoms with van der Waals surface area (Å²) in [6.07, 6.45) is 11.4. The average Bonchev–Trinajstić information content (AvgIpc) is 3.26. The van der Waals surface area contributed by atoms with Crippen LogP contribution in [0.4, 0.5) is 5.82 Å². The largest absolute Gasteiger partial charge is 0.350 e. The third-order valence-corrected chi connectivity index (χ3v) is 4.65. The topological polar surface area (TPSA) is 46.3 Å². The molecule has 0 radical (unpaired) electrons. The second-order valence-corrected chi connectivity index (χ2v) is 6.03. The zero-order valence-electron chi connectivity index (χ0n) is 12.0. The van der Waals surface area contributed by atoms with E-state index in [1.165, 1.54) is 38.5 Å². The third-order valence-electron chi connectivity index (χ3n) is 4.65. The Balaban J connectivity index is 1.78. The Morgan fingerprint density at radius 1 is 1.20 bits per heavy atom. The van der Waals surface area contributed by atoms with E-state index in [9.17, 15) is 0 Å². The molecule has 5 nitrogen and oxygen atoms in total. The molecule has 2 aromatic heterocycles. The molecule has 1 unspecified atom stereocenters. The van der Waals surface area contributed by atoms with Crippen LogP contribution in [0.5, 0.6) is 0 Å². The lowest BCUT2D eigenvalue weighted by molar-refractivity contribution is 0.447. The van der Waals surface area contributed by atoms with E-state index in [4.69, 9.17) is 0 Å². The Bertz CT molecular complexity index is 616. The maximum absolute atomic E-state index is 4.62. The van der Waals surface area contributed by atoms with Gasteiger partial charge >= 0.3 is 0 Å². The Kier molecular flexibility index (Phi) is 2.86. The summed E-state index contributed by atoms with van der Waals surface area (Å²) in [5.41, 5.74) is 0.940. The van der Waals surface area contributed by atoms with Gasteiger partial charge in [0.15, 0.2) is 5.82 Å². The van der Waals surface area contributed by atoms with Gasteiger partial charge in [-0.25, -0.2) is 4.98 Å². The minimum absolute atomic E-state index is 0.600. The molecule has 2 aromatic rings. The molecular weight excluding hydrogens is 250 g/mol. The van der Waals surface area contributed by atoms with E-state index in [0.29, 0.717) is 12.0 Å². The predicted octanol–water partition coefficient (Wildman–Crippen LogP) is 2.77. The van der Waals surface area contributed by atoms with E-state index in [1.807, 2.05) is 12.4 Å². The van der Waals surface area contributed by atoms with Crippen molar-refractivity contribution in [2.75, 3.05) is 11.4 Å². The molecule has 3 heterocycles. The Morgan fingerprint density at radius 2 is 2.10 bits per heavy atom. The van der Waals surface area contributed by atoms with Gasteiger partial charge in [-0.1, -0.05) is 6.92 Å². The highest BCUT2D eigenvalue weighted by molar-refractivity contribution is 5.64. The van der Waals surface area contributed by atoms with Crippen molar-refractivity contribution in [1.29, 1.82) is 0 Å². The predicted molar refractivity (Wildman–Crippen MR) is 78.0 cm³/mol. The summed E-state index contributed by atoms with van der Waals surface area (Å²) >= 11 is 0. The summed E-state index contributed by atoms with van der Waals surface area (Å²) < 4.78 is 2.15. The molecule has 0 amide bonds. The van der Waals surface area contributed by atoms with Crippen molar-refractivity contribution < 1.29 is 0 Å². The Labute approximate surface area is 119 Å². The normalized spacial score (nSPS) is 23.4. The third kappa shape index (κ3) is 1.87. The van der Waals surface area contributed by atoms with Crippen LogP contribution in [0.15, 0.2) is 12.4 Å². The van der Waals surface area contributed by atoms with Gasteiger partial charge in [-0.3, -0.25) is 4.40 Å². The van der Waals surface area contributed by atoms with Crippen molar-refractivity contribution in [2.45, 2.75) is 57.4 Å². The van der Waals surface area contributed by atoms with E-state index in [1.54, 1.807) is 0 Å². The number of anilines is 1. The maximum atomic E-state index is 4.62. The van der Waals surface area contributed by atoms with Crippen molar-refractivity contribution in [3.05, 3.63) is 18.2 Å². The molecule has 1 atom stereocenters. The highest BCUT2D eigenvalue weighted by Gasteiger charge is 2.30. The fourth-order valence-corrected chi connectivity index (χ4v) is 3.36. The smallest absolute Gasteiger partial charge is 0.203 e. The molecule has 0 aromatic carbocycles. The number of hydrogen-bond donors (Lipinski definition) is 0. The number of fused-ring (bicyclic) bond motifs is 1. The molecule has 0 bridgehead atoms. The lowest BCUT2D eigenvalue weighted by Crippen LogP contribution is -2.40. The SMILES string of the molecule is CCC1CCCCN1c1nccn2c(C3CC3)nnc12. The molecule has 1 aliphatic carbocycles.